The van der Waals surface area contributed by atoms with E-state index < -0.39 is 0 Å². The van der Waals surface area contributed by atoms with E-state index in [0.29, 0.717) is 19.8 Å². The number of nitrogens with one attached hydrogen (secondary N) is 2. The Morgan fingerprint density at radius 2 is 2.05 bits per heavy atom. The predicted molar refractivity (Wildman–Crippen MR) is 79.5 cm³/mol. The second-order valence-corrected chi connectivity index (χ2v) is 5.54. The lowest BCUT2D eigenvalue weighted by Gasteiger charge is -2.22. The van der Waals surface area contributed by atoms with Crippen molar-refractivity contribution in [2.24, 2.45) is 5.92 Å². The lowest BCUT2D eigenvalue weighted by molar-refractivity contribution is -0.125. The third-order valence-corrected chi connectivity index (χ3v) is 4.02. The zero-order valence-corrected chi connectivity index (χ0v) is 12.2. The van der Waals surface area contributed by atoms with E-state index in [4.69, 9.17) is 9.47 Å². The van der Waals surface area contributed by atoms with Crippen molar-refractivity contribution >= 4 is 5.91 Å². The van der Waals surface area contributed by atoms with Crippen LogP contribution in [0.3, 0.4) is 0 Å². The first kappa shape index (κ1) is 14.2. The first-order valence-electron chi connectivity index (χ1n) is 7.70. The average Bonchev–Trinajstić information content (AvgIpc) is 2.79. The van der Waals surface area contributed by atoms with Crippen molar-refractivity contribution in [1.82, 2.24) is 10.6 Å². The molecule has 5 heteroatoms. The lowest BCUT2D eigenvalue weighted by atomic mass is 9.97. The largest absolute Gasteiger partial charge is 0.490 e. The Morgan fingerprint density at radius 1 is 1.24 bits per heavy atom. The van der Waals surface area contributed by atoms with Gasteiger partial charge in [0.2, 0.25) is 5.91 Å². The Labute approximate surface area is 125 Å². The summed E-state index contributed by atoms with van der Waals surface area (Å²) >= 11 is 0. The minimum atomic E-state index is 0.130. The summed E-state index contributed by atoms with van der Waals surface area (Å²) in [5, 5.41) is 6.31. The smallest absolute Gasteiger partial charge is 0.223 e. The second kappa shape index (κ2) is 6.80. The molecule has 2 aliphatic rings. The van der Waals surface area contributed by atoms with Crippen LogP contribution in [-0.4, -0.2) is 32.2 Å². The maximum absolute atomic E-state index is 12.2. The van der Waals surface area contributed by atoms with Crippen LogP contribution in [0.4, 0.5) is 0 Å². The van der Waals surface area contributed by atoms with Gasteiger partial charge in [0.1, 0.15) is 0 Å². The lowest BCUT2D eigenvalue weighted by Crippen LogP contribution is -2.37. The van der Waals surface area contributed by atoms with Crippen molar-refractivity contribution in [2.75, 3.05) is 26.3 Å². The summed E-state index contributed by atoms with van der Waals surface area (Å²) in [7, 11) is 0. The fourth-order valence-electron chi connectivity index (χ4n) is 2.80. The van der Waals surface area contributed by atoms with Crippen LogP contribution in [0.5, 0.6) is 11.5 Å². The van der Waals surface area contributed by atoms with Crippen molar-refractivity contribution in [2.45, 2.75) is 25.8 Å². The van der Waals surface area contributed by atoms with E-state index in [1.807, 2.05) is 18.2 Å². The SMILES string of the molecule is O=C(NCc1cccc2c1OCCCO2)C1CCNCC1. The number of benzene rings is 1. The first-order valence-corrected chi connectivity index (χ1v) is 7.70. The van der Waals surface area contributed by atoms with Crippen molar-refractivity contribution in [1.29, 1.82) is 0 Å². The molecule has 1 amide bonds. The van der Waals surface area contributed by atoms with Gasteiger partial charge >= 0.3 is 0 Å². The van der Waals surface area contributed by atoms with Gasteiger partial charge in [-0.3, -0.25) is 4.79 Å². The topological polar surface area (TPSA) is 59.6 Å². The van der Waals surface area contributed by atoms with Crippen molar-refractivity contribution in [3.8, 4) is 11.5 Å². The molecule has 114 valence electrons. The van der Waals surface area contributed by atoms with Gasteiger partial charge in [-0.1, -0.05) is 12.1 Å². The number of rotatable bonds is 3. The summed E-state index contributed by atoms with van der Waals surface area (Å²) in [6.45, 7) is 3.69. The molecule has 0 unspecified atom stereocenters. The van der Waals surface area contributed by atoms with E-state index in [1.54, 1.807) is 0 Å². The number of amides is 1. The van der Waals surface area contributed by atoms with E-state index in [2.05, 4.69) is 10.6 Å². The van der Waals surface area contributed by atoms with Crippen molar-refractivity contribution < 1.29 is 14.3 Å². The van der Waals surface area contributed by atoms with E-state index >= 15 is 0 Å². The van der Waals surface area contributed by atoms with E-state index in [0.717, 1.165) is 49.4 Å². The van der Waals surface area contributed by atoms with Crippen LogP contribution >= 0.6 is 0 Å². The maximum atomic E-state index is 12.2. The second-order valence-electron chi connectivity index (χ2n) is 5.54. The van der Waals surface area contributed by atoms with Gasteiger partial charge in [0.25, 0.3) is 0 Å². The van der Waals surface area contributed by atoms with Crippen LogP contribution in [0, 0.1) is 5.92 Å². The fourth-order valence-corrected chi connectivity index (χ4v) is 2.80. The molecule has 2 aliphatic heterocycles. The number of carbonyl (C=O) groups excluding carboxylic acids is 1. The van der Waals surface area contributed by atoms with E-state index in [9.17, 15) is 4.79 Å². The molecule has 0 saturated carbocycles. The molecule has 2 N–H and O–H groups in total. The highest BCUT2D eigenvalue weighted by atomic mass is 16.5. The molecule has 0 spiro atoms. The summed E-state index contributed by atoms with van der Waals surface area (Å²) in [6, 6.07) is 5.84. The fraction of sp³-hybridized carbons (Fsp3) is 0.562. The van der Waals surface area contributed by atoms with Crippen LogP contribution in [0.1, 0.15) is 24.8 Å². The Hall–Kier alpha value is -1.75. The van der Waals surface area contributed by atoms with Crippen LogP contribution in [-0.2, 0) is 11.3 Å². The van der Waals surface area contributed by atoms with Crippen LogP contribution in [0.25, 0.3) is 0 Å². The standard InChI is InChI=1S/C16H22N2O3/c19-16(12-5-7-17-8-6-12)18-11-13-3-1-4-14-15(13)21-10-2-9-20-14/h1,3-4,12,17H,2,5-11H2,(H,18,19). The third-order valence-electron chi connectivity index (χ3n) is 4.02. The van der Waals surface area contributed by atoms with Gasteiger partial charge < -0.3 is 20.1 Å². The number of carbonyl (C=O) groups is 1. The number of fused-ring (bicyclic) bond motifs is 1. The highest BCUT2D eigenvalue weighted by molar-refractivity contribution is 5.78. The number of para-hydroxylation sites is 1. The van der Waals surface area contributed by atoms with Gasteiger partial charge in [0.05, 0.1) is 13.2 Å². The highest BCUT2D eigenvalue weighted by Gasteiger charge is 2.21. The Kier molecular flexibility index (Phi) is 4.60. The molecule has 1 aromatic rings. The Bertz CT molecular complexity index is 498. The average molecular weight is 290 g/mol. The molecule has 0 atom stereocenters. The Morgan fingerprint density at radius 3 is 2.90 bits per heavy atom. The zero-order valence-electron chi connectivity index (χ0n) is 12.2. The van der Waals surface area contributed by atoms with Crippen molar-refractivity contribution in [3.63, 3.8) is 0 Å². The normalized spacial score (nSPS) is 18.9. The molecule has 0 bridgehead atoms. The minimum Gasteiger partial charge on any atom is -0.490 e. The summed E-state index contributed by atoms with van der Waals surface area (Å²) in [4.78, 5) is 12.2. The molecular weight excluding hydrogens is 268 g/mol. The van der Waals surface area contributed by atoms with Crippen LogP contribution < -0.4 is 20.1 Å². The molecule has 1 saturated heterocycles. The zero-order chi connectivity index (χ0) is 14.5. The number of hydrogen-bond donors (Lipinski definition) is 2. The summed E-state index contributed by atoms with van der Waals surface area (Å²) < 4.78 is 11.4. The monoisotopic (exact) mass is 290 g/mol. The quantitative estimate of drug-likeness (QED) is 0.885. The van der Waals surface area contributed by atoms with Crippen molar-refractivity contribution in [3.05, 3.63) is 23.8 Å². The summed E-state index contributed by atoms with van der Waals surface area (Å²) in [5.41, 5.74) is 0.983. The molecule has 2 heterocycles. The highest BCUT2D eigenvalue weighted by Crippen LogP contribution is 2.33. The summed E-state index contributed by atoms with van der Waals surface area (Å²) in [6.07, 6.45) is 2.71. The van der Waals surface area contributed by atoms with Gasteiger partial charge in [-0.25, -0.2) is 0 Å². The molecule has 1 fully saturated rings. The number of ether oxygens (including phenoxy) is 2. The molecule has 1 aromatic carbocycles. The molecule has 21 heavy (non-hydrogen) atoms. The molecule has 5 nitrogen and oxygen atoms in total. The number of hydrogen-bond acceptors (Lipinski definition) is 4. The van der Waals surface area contributed by atoms with Gasteiger partial charge in [-0.2, -0.15) is 0 Å². The van der Waals surface area contributed by atoms with Crippen LogP contribution in [0.2, 0.25) is 0 Å². The minimum absolute atomic E-state index is 0.130. The van der Waals surface area contributed by atoms with Crippen LogP contribution in [0.15, 0.2) is 18.2 Å². The van der Waals surface area contributed by atoms with Gasteiger partial charge in [-0.05, 0) is 32.0 Å². The number of piperidine rings is 1. The molecule has 0 radical (unpaired) electrons. The summed E-state index contributed by atoms with van der Waals surface area (Å²) in [5.74, 6) is 1.83. The third kappa shape index (κ3) is 3.47. The predicted octanol–water partition coefficient (Wildman–Crippen LogP) is 1.46. The first-order chi connectivity index (χ1) is 10.3. The molecule has 0 aromatic heterocycles. The van der Waals surface area contributed by atoms with Gasteiger partial charge in [-0.15, -0.1) is 0 Å². The van der Waals surface area contributed by atoms with Gasteiger partial charge in [0, 0.05) is 24.4 Å². The molecule has 0 aliphatic carbocycles. The molecular formula is C16H22N2O3. The molecule has 3 rings (SSSR count). The van der Waals surface area contributed by atoms with Gasteiger partial charge in [0.15, 0.2) is 11.5 Å². The van der Waals surface area contributed by atoms with E-state index in [-0.39, 0.29) is 11.8 Å². The van der Waals surface area contributed by atoms with E-state index in [1.165, 1.54) is 0 Å². The maximum Gasteiger partial charge on any atom is 0.223 e. The Balaban J connectivity index is 1.63.